The van der Waals surface area contributed by atoms with Crippen LogP contribution in [0.25, 0.3) is 11.1 Å². The van der Waals surface area contributed by atoms with Crippen molar-refractivity contribution < 1.29 is 4.74 Å². The maximum absolute atomic E-state index is 5.30. The molecule has 1 N–H and O–H groups in total. The minimum atomic E-state index is 0.748. The third-order valence-corrected chi connectivity index (χ3v) is 4.20. The summed E-state index contributed by atoms with van der Waals surface area (Å²) in [5, 5.41) is 3.58. The lowest BCUT2D eigenvalue weighted by atomic mass is 9.94. The van der Waals surface area contributed by atoms with E-state index in [1.165, 1.54) is 40.7 Å². The monoisotopic (exact) mass is 281 g/mol. The fourth-order valence-corrected chi connectivity index (χ4v) is 2.68. The highest BCUT2D eigenvalue weighted by atomic mass is 16.5. The Hall–Kier alpha value is -1.80. The average Bonchev–Trinajstić information content (AvgIpc) is 3.31. The number of ether oxygens (including phenoxy) is 1. The molecule has 2 aromatic carbocycles. The maximum Gasteiger partial charge on any atom is 0.119 e. The summed E-state index contributed by atoms with van der Waals surface area (Å²) in [4.78, 5) is 0. The van der Waals surface area contributed by atoms with Gasteiger partial charge in [0, 0.05) is 12.6 Å². The lowest BCUT2D eigenvalue weighted by molar-refractivity contribution is 0.414. The van der Waals surface area contributed by atoms with Gasteiger partial charge in [-0.2, -0.15) is 0 Å². The van der Waals surface area contributed by atoms with Crippen molar-refractivity contribution >= 4 is 0 Å². The lowest BCUT2D eigenvalue weighted by Gasteiger charge is -2.13. The van der Waals surface area contributed by atoms with Crippen molar-refractivity contribution in [2.24, 2.45) is 0 Å². The Labute approximate surface area is 127 Å². The summed E-state index contributed by atoms with van der Waals surface area (Å²) in [6, 6.07) is 13.8. The first-order valence-electron chi connectivity index (χ1n) is 7.65. The zero-order valence-electron chi connectivity index (χ0n) is 13.1. The number of methoxy groups -OCH3 is 1. The molecule has 0 spiro atoms. The van der Waals surface area contributed by atoms with Crippen molar-refractivity contribution in [1.82, 2.24) is 5.32 Å². The van der Waals surface area contributed by atoms with E-state index in [2.05, 4.69) is 49.5 Å². The number of aryl methyl sites for hydroxylation is 2. The number of nitrogens with one attached hydrogen (secondary N) is 1. The van der Waals surface area contributed by atoms with Crippen LogP contribution < -0.4 is 10.1 Å². The zero-order valence-corrected chi connectivity index (χ0v) is 13.1. The molecule has 0 aromatic heterocycles. The zero-order chi connectivity index (χ0) is 14.8. The Bertz CT molecular complexity index is 644. The van der Waals surface area contributed by atoms with Crippen LogP contribution in [-0.2, 0) is 6.54 Å². The van der Waals surface area contributed by atoms with Gasteiger partial charge in [-0.25, -0.2) is 0 Å². The van der Waals surface area contributed by atoms with Crippen molar-refractivity contribution in [1.29, 1.82) is 0 Å². The Balaban J connectivity index is 1.90. The van der Waals surface area contributed by atoms with Crippen molar-refractivity contribution in [3.8, 4) is 16.9 Å². The third-order valence-electron chi connectivity index (χ3n) is 4.20. The van der Waals surface area contributed by atoms with Crippen LogP contribution >= 0.6 is 0 Å². The van der Waals surface area contributed by atoms with Crippen molar-refractivity contribution in [3.63, 3.8) is 0 Å². The molecule has 0 radical (unpaired) electrons. The van der Waals surface area contributed by atoms with Gasteiger partial charge in [0.15, 0.2) is 0 Å². The second kappa shape index (κ2) is 5.90. The molecule has 0 saturated heterocycles. The van der Waals surface area contributed by atoms with Gasteiger partial charge in [-0.05, 0) is 72.7 Å². The summed E-state index contributed by atoms with van der Waals surface area (Å²) in [6.45, 7) is 5.29. The molecule has 1 fully saturated rings. The molecule has 2 heteroatoms. The standard InChI is InChI=1S/C19H23NO/c1-13-4-5-15(12-20-16-6-7-16)11-19(13)18-9-8-17(21-3)10-14(18)2/h4-5,8-11,16,20H,6-7,12H2,1-3H3. The number of benzene rings is 2. The van der Waals surface area contributed by atoms with Crippen LogP contribution in [0.2, 0.25) is 0 Å². The first kappa shape index (κ1) is 14.2. The molecular formula is C19H23NO. The lowest BCUT2D eigenvalue weighted by Crippen LogP contribution is -2.15. The van der Waals surface area contributed by atoms with Crippen molar-refractivity contribution in [3.05, 3.63) is 53.1 Å². The fraction of sp³-hybridized carbons (Fsp3) is 0.368. The molecule has 1 aliphatic rings. The van der Waals surface area contributed by atoms with E-state index >= 15 is 0 Å². The Morgan fingerprint density at radius 3 is 2.48 bits per heavy atom. The van der Waals surface area contributed by atoms with E-state index in [0.29, 0.717) is 0 Å². The molecule has 0 unspecified atom stereocenters. The molecule has 1 aliphatic carbocycles. The maximum atomic E-state index is 5.30. The van der Waals surface area contributed by atoms with Gasteiger partial charge in [0.05, 0.1) is 7.11 Å². The third kappa shape index (κ3) is 3.27. The second-order valence-electron chi connectivity index (χ2n) is 5.99. The molecule has 0 aliphatic heterocycles. The molecule has 21 heavy (non-hydrogen) atoms. The largest absolute Gasteiger partial charge is 0.497 e. The topological polar surface area (TPSA) is 21.3 Å². The van der Waals surface area contributed by atoms with Crippen LogP contribution in [-0.4, -0.2) is 13.2 Å². The summed E-state index contributed by atoms with van der Waals surface area (Å²) in [7, 11) is 1.71. The Kier molecular flexibility index (Phi) is 3.98. The van der Waals surface area contributed by atoms with Gasteiger partial charge >= 0.3 is 0 Å². The minimum Gasteiger partial charge on any atom is -0.497 e. The molecule has 0 atom stereocenters. The smallest absolute Gasteiger partial charge is 0.119 e. The molecule has 2 nitrogen and oxygen atoms in total. The SMILES string of the molecule is COc1ccc(-c2cc(CNC3CC3)ccc2C)c(C)c1. The molecule has 3 rings (SSSR count). The molecule has 1 saturated carbocycles. The highest BCUT2D eigenvalue weighted by Gasteiger charge is 2.20. The first-order valence-corrected chi connectivity index (χ1v) is 7.65. The summed E-state index contributed by atoms with van der Waals surface area (Å²) in [5.41, 5.74) is 6.55. The van der Waals surface area contributed by atoms with E-state index in [1.807, 2.05) is 6.07 Å². The molecule has 0 amide bonds. The molecule has 2 aromatic rings. The number of rotatable bonds is 5. The predicted molar refractivity (Wildman–Crippen MR) is 87.8 cm³/mol. The molecule has 0 bridgehead atoms. The van der Waals surface area contributed by atoms with Crippen LogP contribution in [0.4, 0.5) is 0 Å². The van der Waals surface area contributed by atoms with E-state index in [-0.39, 0.29) is 0 Å². The van der Waals surface area contributed by atoms with Gasteiger partial charge in [-0.15, -0.1) is 0 Å². The quantitative estimate of drug-likeness (QED) is 0.885. The second-order valence-corrected chi connectivity index (χ2v) is 5.99. The van der Waals surface area contributed by atoms with E-state index in [1.54, 1.807) is 7.11 Å². The van der Waals surface area contributed by atoms with Crippen LogP contribution in [0.15, 0.2) is 36.4 Å². The van der Waals surface area contributed by atoms with Gasteiger partial charge in [0.25, 0.3) is 0 Å². The van der Waals surface area contributed by atoms with Crippen LogP contribution in [0.1, 0.15) is 29.5 Å². The van der Waals surface area contributed by atoms with E-state index < -0.39 is 0 Å². The van der Waals surface area contributed by atoms with Gasteiger partial charge < -0.3 is 10.1 Å². The first-order chi connectivity index (χ1) is 10.2. The number of hydrogen-bond acceptors (Lipinski definition) is 2. The Morgan fingerprint density at radius 1 is 1.00 bits per heavy atom. The predicted octanol–water partition coefficient (Wildman–Crippen LogP) is 4.23. The highest BCUT2D eigenvalue weighted by molar-refractivity contribution is 5.71. The van der Waals surface area contributed by atoms with Crippen LogP contribution in [0.3, 0.4) is 0 Å². The van der Waals surface area contributed by atoms with Gasteiger partial charge in [0.1, 0.15) is 5.75 Å². The van der Waals surface area contributed by atoms with E-state index in [4.69, 9.17) is 4.74 Å². The Morgan fingerprint density at radius 2 is 1.81 bits per heavy atom. The van der Waals surface area contributed by atoms with Crippen LogP contribution in [0.5, 0.6) is 5.75 Å². The van der Waals surface area contributed by atoms with Gasteiger partial charge in [-0.1, -0.05) is 18.2 Å². The molecular weight excluding hydrogens is 258 g/mol. The minimum absolute atomic E-state index is 0.748. The highest BCUT2D eigenvalue weighted by Crippen LogP contribution is 2.30. The summed E-state index contributed by atoms with van der Waals surface area (Å²) < 4.78 is 5.30. The summed E-state index contributed by atoms with van der Waals surface area (Å²) >= 11 is 0. The van der Waals surface area contributed by atoms with E-state index in [0.717, 1.165) is 18.3 Å². The van der Waals surface area contributed by atoms with Gasteiger partial charge in [0.2, 0.25) is 0 Å². The summed E-state index contributed by atoms with van der Waals surface area (Å²) in [6.07, 6.45) is 2.66. The van der Waals surface area contributed by atoms with Gasteiger partial charge in [-0.3, -0.25) is 0 Å². The normalized spacial score (nSPS) is 14.2. The number of hydrogen-bond donors (Lipinski definition) is 1. The van der Waals surface area contributed by atoms with Crippen LogP contribution in [0, 0.1) is 13.8 Å². The summed E-state index contributed by atoms with van der Waals surface area (Å²) in [5.74, 6) is 0.917. The fourth-order valence-electron chi connectivity index (χ4n) is 2.68. The van der Waals surface area contributed by atoms with E-state index in [9.17, 15) is 0 Å². The van der Waals surface area contributed by atoms with Crippen molar-refractivity contribution in [2.45, 2.75) is 39.3 Å². The average molecular weight is 281 g/mol. The van der Waals surface area contributed by atoms with Crippen molar-refractivity contribution in [2.75, 3.05) is 7.11 Å². The molecule has 0 heterocycles. The molecule has 110 valence electrons.